The number of nitrogens with one attached hydrogen (secondary N) is 2. The Bertz CT molecular complexity index is 235. The second-order valence-corrected chi connectivity index (χ2v) is 3.10. The molecule has 0 radical (unpaired) electrons. The molecule has 74 valence electrons. The van der Waals surface area contributed by atoms with Crippen LogP contribution < -0.4 is 5.32 Å². The van der Waals surface area contributed by atoms with Gasteiger partial charge in [0.05, 0.1) is 0 Å². The van der Waals surface area contributed by atoms with Crippen molar-refractivity contribution in [3.63, 3.8) is 0 Å². The molecule has 13 heavy (non-hydrogen) atoms. The van der Waals surface area contributed by atoms with Crippen LogP contribution in [0, 0.1) is 6.92 Å². The lowest BCUT2D eigenvalue weighted by Crippen LogP contribution is -2.15. The van der Waals surface area contributed by atoms with Crippen molar-refractivity contribution in [2.24, 2.45) is 0 Å². The molecular formula is C9H17N3O. The summed E-state index contributed by atoms with van der Waals surface area (Å²) < 4.78 is 0. The molecule has 0 unspecified atom stereocenters. The summed E-state index contributed by atoms with van der Waals surface area (Å²) in [7, 11) is 0. The number of imidazole rings is 1. The molecule has 1 heterocycles. The third-order valence-corrected chi connectivity index (χ3v) is 1.83. The fraction of sp³-hybridized carbons (Fsp3) is 0.667. The van der Waals surface area contributed by atoms with Gasteiger partial charge in [0.2, 0.25) is 0 Å². The van der Waals surface area contributed by atoms with Crippen LogP contribution in [0.15, 0.2) is 6.20 Å². The Morgan fingerprint density at radius 2 is 2.38 bits per heavy atom. The zero-order valence-electron chi connectivity index (χ0n) is 8.01. The molecule has 3 N–H and O–H groups in total. The monoisotopic (exact) mass is 183 g/mol. The van der Waals surface area contributed by atoms with Crippen molar-refractivity contribution in [1.82, 2.24) is 15.3 Å². The number of H-pyrrole nitrogens is 1. The summed E-state index contributed by atoms with van der Waals surface area (Å²) in [6.45, 7) is 3.99. The fourth-order valence-electron chi connectivity index (χ4n) is 1.15. The van der Waals surface area contributed by atoms with E-state index in [-0.39, 0.29) is 6.61 Å². The lowest BCUT2D eigenvalue weighted by Gasteiger charge is -2.00. The van der Waals surface area contributed by atoms with E-state index in [9.17, 15) is 0 Å². The Morgan fingerprint density at radius 3 is 3.00 bits per heavy atom. The first-order valence-corrected chi connectivity index (χ1v) is 4.65. The number of aliphatic hydroxyl groups is 1. The normalized spacial score (nSPS) is 10.6. The highest BCUT2D eigenvalue weighted by molar-refractivity contribution is 4.98. The zero-order chi connectivity index (χ0) is 9.52. The van der Waals surface area contributed by atoms with Crippen LogP contribution in [0.2, 0.25) is 0 Å². The lowest BCUT2D eigenvalue weighted by atomic mass is 10.3. The molecule has 1 rings (SSSR count). The van der Waals surface area contributed by atoms with E-state index < -0.39 is 0 Å². The maximum Gasteiger partial charge on any atom is 0.103 e. The highest BCUT2D eigenvalue weighted by Crippen LogP contribution is 1.94. The summed E-state index contributed by atoms with van der Waals surface area (Å²) in [5.41, 5.74) is 1.11. The molecule has 0 atom stereocenters. The molecule has 4 heteroatoms. The molecule has 0 saturated heterocycles. The van der Waals surface area contributed by atoms with Gasteiger partial charge >= 0.3 is 0 Å². The van der Waals surface area contributed by atoms with Crippen LogP contribution in [0.3, 0.4) is 0 Å². The highest BCUT2D eigenvalue weighted by atomic mass is 16.2. The summed E-state index contributed by atoms with van der Waals surface area (Å²) in [5, 5.41) is 11.8. The third kappa shape index (κ3) is 4.05. The van der Waals surface area contributed by atoms with Gasteiger partial charge in [-0.15, -0.1) is 0 Å². The molecule has 0 aliphatic heterocycles. The molecule has 1 aromatic heterocycles. The number of aromatic nitrogens is 2. The number of aliphatic hydroxyl groups excluding tert-OH is 1. The smallest absolute Gasteiger partial charge is 0.103 e. The number of unbranched alkanes of at least 4 members (excludes halogenated alkanes) is 1. The number of hydrogen-bond donors (Lipinski definition) is 3. The number of aromatic amines is 1. The SMILES string of the molecule is Cc1ncc(CNCCCCO)[nH]1. The van der Waals surface area contributed by atoms with Gasteiger partial charge < -0.3 is 15.4 Å². The van der Waals surface area contributed by atoms with Gasteiger partial charge in [-0.25, -0.2) is 4.98 Å². The van der Waals surface area contributed by atoms with Gasteiger partial charge in [0, 0.05) is 25.0 Å². The van der Waals surface area contributed by atoms with Crippen molar-refractivity contribution >= 4 is 0 Å². The van der Waals surface area contributed by atoms with Crippen LogP contribution in [0.1, 0.15) is 24.4 Å². The number of nitrogens with zero attached hydrogens (tertiary/aromatic N) is 1. The Hall–Kier alpha value is -0.870. The van der Waals surface area contributed by atoms with E-state index >= 15 is 0 Å². The van der Waals surface area contributed by atoms with E-state index in [0.29, 0.717) is 0 Å². The molecule has 0 bridgehead atoms. The number of hydrogen-bond acceptors (Lipinski definition) is 3. The minimum Gasteiger partial charge on any atom is -0.396 e. The third-order valence-electron chi connectivity index (χ3n) is 1.83. The van der Waals surface area contributed by atoms with Crippen molar-refractivity contribution in [2.75, 3.05) is 13.2 Å². The Labute approximate surface area is 78.4 Å². The molecule has 1 aromatic rings. The van der Waals surface area contributed by atoms with Crippen molar-refractivity contribution in [3.05, 3.63) is 17.7 Å². The van der Waals surface area contributed by atoms with Crippen LogP contribution >= 0.6 is 0 Å². The van der Waals surface area contributed by atoms with Crippen molar-refractivity contribution in [2.45, 2.75) is 26.3 Å². The van der Waals surface area contributed by atoms with Gasteiger partial charge in [-0.05, 0) is 26.3 Å². The molecule has 0 saturated carbocycles. The lowest BCUT2D eigenvalue weighted by molar-refractivity contribution is 0.283. The average molecular weight is 183 g/mol. The zero-order valence-corrected chi connectivity index (χ0v) is 8.01. The van der Waals surface area contributed by atoms with Gasteiger partial charge in [0.25, 0.3) is 0 Å². The summed E-state index contributed by atoms with van der Waals surface area (Å²) in [6.07, 6.45) is 3.73. The molecule has 0 fully saturated rings. The molecule has 0 aromatic carbocycles. The molecule has 0 spiro atoms. The molecular weight excluding hydrogens is 166 g/mol. The van der Waals surface area contributed by atoms with Gasteiger partial charge in [-0.2, -0.15) is 0 Å². The fourth-order valence-corrected chi connectivity index (χ4v) is 1.15. The summed E-state index contributed by atoms with van der Waals surface area (Å²) in [6, 6.07) is 0. The second kappa shape index (κ2) is 5.72. The summed E-state index contributed by atoms with van der Waals surface area (Å²) in [5.74, 6) is 0.951. The minimum absolute atomic E-state index is 0.283. The van der Waals surface area contributed by atoms with E-state index in [2.05, 4.69) is 15.3 Å². The van der Waals surface area contributed by atoms with Gasteiger partial charge in [-0.3, -0.25) is 0 Å². The Kier molecular flexibility index (Phi) is 4.49. The second-order valence-electron chi connectivity index (χ2n) is 3.10. The van der Waals surface area contributed by atoms with Crippen molar-refractivity contribution < 1.29 is 5.11 Å². The van der Waals surface area contributed by atoms with E-state index in [1.54, 1.807) is 0 Å². The van der Waals surface area contributed by atoms with E-state index in [1.807, 2.05) is 13.1 Å². The van der Waals surface area contributed by atoms with Crippen LogP contribution in [0.5, 0.6) is 0 Å². The van der Waals surface area contributed by atoms with Crippen molar-refractivity contribution in [1.29, 1.82) is 0 Å². The predicted octanol–water partition coefficient (Wildman–Crippen LogP) is 0.580. The predicted molar refractivity (Wildman–Crippen MR) is 51.4 cm³/mol. The minimum atomic E-state index is 0.283. The largest absolute Gasteiger partial charge is 0.396 e. The standard InChI is InChI=1S/C9H17N3O/c1-8-11-7-9(12-8)6-10-4-2-3-5-13/h7,10,13H,2-6H2,1H3,(H,11,12). The summed E-state index contributed by atoms with van der Waals surface area (Å²) >= 11 is 0. The van der Waals surface area contributed by atoms with Crippen LogP contribution in [0.4, 0.5) is 0 Å². The molecule has 0 aliphatic carbocycles. The summed E-state index contributed by atoms with van der Waals surface area (Å²) in [4.78, 5) is 7.24. The number of aryl methyl sites for hydroxylation is 1. The molecule has 0 amide bonds. The maximum absolute atomic E-state index is 8.54. The quantitative estimate of drug-likeness (QED) is 0.565. The first kappa shape index (κ1) is 10.2. The van der Waals surface area contributed by atoms with E-state index in [0.717, 1.165) is 37.4 Å². The Balaban J connectivity index is 2.06. The first-order chi connectivity index (χ1) is 6.33. The van der Waals surface area contributed by atoms with Crippen LogP contribution in [-0.4, -0.2) is 28.2 Å². The first-order valence-electron chi connectivity index (χ1n) is 4.65. The van der Waals surface area contributed by atoms with Crippen LogP contribution in [0.25, 0.3) is 0 Å². The Morgan fingerprint density at radius 1 is 1.54 bits per heavy atom. The van der Waals surface area contributed by atoms with Gasteiger partial charge in [0.1, 0.15) is 5.82 Å². The number of rotatable bonds is 6. The van der Waals surface area contributed by atoms with Gasteiger partial charge in [-0.1, -0.05) is 0 Å². The van der Waals surface area contributed by atoms with E-state index in [4.69, 9.17) is 5.11 Å². The highest BCUT2D eigenvalue weighted by Gasteiger charge is 1.94. The van der Waals surface area contributed by atoms with Crippen molar-refractivity contribution in [3.8, 4) is 0 Å². The molecule has 0 aliphatic rings. The average Bonchev–Trinajstić information content (AvgIpc) is 2.51. The topological polar surface area (TPSA) is 60.9 Å². The maximum atomic E-state index is 8.54. The van der Waals surface area contributed by atoms with Crippen LogP contribution in [-0.2, 0) is 6.54 Å². The van der Waals surface area contributed by atoms with E-state index in [1.165, 1.54) is 0 Å². The molecule has 4 nitrogen and oxygen atoms in total. The van der Waals surface area contributed by atoms with Gasteiger partial charge in [0.15, 0.2) is 0 Å².